The number of aromatic nitrogens is 2. The third-order valence-electron chi connectivity index (χ3n) is 11.0. The first-order valence-corrected chi connectivity index (χ1v) is 19.0. The van der Waals surface area contributed by atoms with Crippen LogP contribution in [0.25, 0.3) is 71.6 Å². The van der Waals surface area contributed by atoms with Crippen LogP contribution in [0, 0.1) is 0 Å². The number of para-hydroxylation sites is 2. The highest BCUT2D eigenvalue weighted by molar-refractivity contribution is 6.26. The first-order chi connectivity index (χ1) is 27.8. The minimum atomic E-state index is -0.340. The molecule has 0 radical (unpaired) electrons. The monoisotopic (exact) mass is 717 g/mol. The van der Waals surface area contributed by atoms with Gasteiger partial charge in [-0.05, 0) is 40.5 Å². The van der Waals surface area contributed by atoms with Crippen molar-refractivity contribution in [2.75, 3.05) is 0 Å². The topological polar surface area (TPSA) is 46.6 Å². The lowest BCUT2D eigenvalue weighted by molar-refractivity contribution is 0.661. The van der Waals surface area contributed by atoms with Crippen LogP contribution in [-0.2, 0) is 0 Å². The van der Waals surface area contributed by atoms with E-state index in [0.717, 1.165) is 72.3 Å². The number of hydrogen-bond donors (Lipinski definition) is 1. The second-order valence-electron chi connectivity index (χ2n) is 14.2. The second kappa shape index (κ2) is 13.1. The van der Waals surface area contributed by atoms with Gasteiger partial charge in [-0.3, -0.25) is 4.57 Å². The normalized spacial score (nSPS) is 14.2. The molecule has 0 saturated carbocycles. The highest BCUT2D eigenvalue weighted by Crippen LogP contribution is 2.43. The van der Waals surface area contributed by atoms with E-state index in [2.05, 4.69) is 190 Å². The summed E-state index contributed by atoms with van der Waals surface area (Å²) in [5, 5.41) is 8.48. The molecule has 0 amide bonds. The molecule has 0 saturated heterocycles. The Kier molecular flexibility index (Phi) is 7.49. The predicted octanol–water partition coefficient (Wildman–Crippen LogP) is 12.2. The van der Waals surface area contributed by atoms with Gasteiger partial charge >= 0.3 is 0 Å². The number of rotatable bonds is 5. The fourth-order valence-corrected chi connectivity index (χ4v) is 8.43. The molecule has 5 heteroatoms. The van der Waals surface area contributed by atoms with Gasteiger partial charge < -0.3 is 9.88 Å². The van der Waals surface area contributed by atoms with Crippen LogP contribution in [-0.4, -0.2) is 20.9 Å². The summed E-state index contributed by atoms with van der Waals surface area (Å²) in [4.78, 5) is 10.5. The maximum atomic E-state index is 5.36. The van der Waals surface area contributed by atoms with Gasteiger partial charge in [0.15, 0.2) is 5.84 Å². The van der Waals surface area contributed by atoms with E-state index in [1.807, 2.05) is 24.3 Å². The average molecular weight is 718 g/mol. The van der Waals surface area contributed by atoms with Gasteiger partial charge in [0.25, 0.3) is 0 Å². The van der Waals surface area contributed by atoms with Gasteiger partial charge in [-0.1, -0.05) is 182 Å². The van der Waals surface area contributed by atoms with Gasteiger partial charge in [-0.2, -0.15) is 4.99 Å². The van der Waals surface area contributed by atoms with E-state index in [9.17, 15) is 0 Å². The molecule has 11 rings (SSSR count). The van der Waals surface area contributed by atoms with Crippen molar-refractivity contribution < 1.29 is 0 Å². The van der Waals surface area contributed by atoms with Gasteiger partial charge in [0, 0.05) is 32.7 Å². The first kappa shape index (κ1) is 32.0. The van der Waals surface area contributed by atoms with Gasteiger partial charge in [-0.25, -0.2) is 4.99 Å². The Hall–Kier alpha value is -7.50. The van der Waals surface area contributed by atoms with Crippen LogP contribution in [0.15, 0.2) is 210 Å². The highest BCUT2D eigenvalue weighted by Gasteiger charge is 2.27. The van der Waals surface area contributed by atoms with Crippen LogP contribution in [0.1, 0.15) is 17.3 Å². The fraction of sp³-hybridized carbons (Fsp3) is 0.0196. The standard InChI is InChI=1S/C51H35N5/c1-5-17-34(18-6-1)38-29-30-39(35-19-7-2-8-20-35)46(33-38)55-44-27-15-13-25-40(44)42-31-32-43-41-26-14-16-28-45(41)56(48(43)47(42)55)51-53-49(36-21-9-3-10-22-36)52-50(54-51)37-23-11-4-12-24-37/h1-33,49H,(H,52,53,54). The molecule has 8 aromatic carbocycles. The Bertz CT molecular complexity index is 3140. The SMILES string of the molecule is c1ccc(C2=NC(c3ccccc3)NC(n3c4ccccc4c4ccc5c6ccccc6n(-c6cc(-c7ccccc7)ccc6-c6ccccc6)c5c43)=N2)cc1. The summed E-state index contributed by atoms with van der Waals surface area (Å²) in [7, 11) is 0. The van der Waals surface area contributed by atoms with Gasteiger partial charge in [-0.15, -0.1) is 0 Å². The molecule has 0 aliphatic carbocycles. The lowest BCUT2D eigenvalue weighted by atomic mass is 9.98. The Balaban J connectivity index is 1.27. The molecule has 56 heavy (non-hydrogen) atoms. The lowest BCUT2D eigenvalue weighted by Gasteiger charge is -2.25. The molecule has 0 spiro atoms. The van der Waals surface area contributed by atoms with Crippen molar-refractivity contribution in [1.29, 1.82) is 0 Å². The Morgan fingerprint density at radius 1 is 0.411 bits per heavy atom. The molecule has 2 aromatic heterocycles. The number of benzene rings is 8. The quantitative estimate of drug-likeness (QED) is 0.189. The number of aliphatic imine (C=N–C) groups is 2. The maximum Gasteiger partial charge on any atom is 0.212 e. The first-order valence-electron chi connectivity index (χ1n) is 19.0. The molecule has 10 aromatic rings. The summed E-state index contributed by atoms with van der Waals surface area (Å²) < 4.78 is 4.82. The summed E-state index contributed by atoms with van der Waals surface area (Å²) in [6.45, 7) is 0. The Morgan fingerprint density at radius 3 is 1.57 bits per heavy atom. The summed E-state index contributed by atoms with van der Waals surface area (Å²) in [5.41, 5.74) is 12.2. The van der Waals surface area contributed by atoms with Crippen LogP contribution >= 0.6 is 0 Å². The Labute approximate surface area is 324 Å². The van der Waals surface area contributed by atoms with Crippen molar-refractivity contribution in [1.82, 2.24) is 14.5 Å². The molecule has 1 aliphatic rings. The molecule has 1 unspecified atom stereocenters. The zero-order valence-corrected chi connectivity index (χ0v) is 30.4. The number of nitrogens with zero attached hydrogens (tertiary/aromatic N) is 4. The van der Waals surface area contributed by atoms with Crippen molar-refractivity contribution in [3.05, 3.63) is 211 Å². The summed E-state index contributed by atoms with van der Waals surface area (Å²) in [6, 6.07) is 71.0. The van der Waals surface area contributed by atoms with Crippen molar-refractivity contribution in [2.45, 2.75) is 6.17 Å². The zero-order chi connectivity index (χ0) is 37.0. The van der Waals surface area contributed by atoms with Crippen LogP contribution in [0.4, 0.5) is 0 Å². The number of amidine groups is 1. The van der Waals surface area contributed by atoms with Gasteiger partial charge in [0.2, 0.25) is 5.96 Å². The highest BCUT2D eigenvalue weighted by atomic mass is 15.3. The molecule has 0 fully saturated rings. The zero-order valence-electron chi connectivity index (χ0n) is 30.4. The van der Waals surface area contributed by atoms with Crippen LogP contribution in [0.5, 0.6) is 0 Å². The predicted molar refractivity (Wildman–Crippen MR) is 233 cm³/mol. The molecule has 5 nitrogen and oxygen atoms in total. The molecular weight excluding hydrogens is 683 g/mol. The number of nitrogens with one attached hydrogen (secondary N) is 1. The minimum absolute atomic E-state index is 0.340. The van der Waals surface area contributed by atoms with E-state index in [-0.39, 0.29) is 6.17 Å². The van der Waals surface area contributed by atoms with Crippen molar-refractivity contribution in [3.8, 4) is 27.9 Å². The van der Waals surface area contributed by atoms with Gasteiger partial charge in [0.05, 0.1) is 27.8 Å². The van der Waals surface area contributed by atoms with Crippen LogP contribution in [0.2, 0.25) is 0 Å². The van der Waals surface area contributed by atoms with Crippen LogP contribution < -0.4 is 5.32 Å². The molecule has 264 valence electrons. The number of hydrogen-bond acceptors (Lipinski definition) is 3. The van der Waals surface area contributed by atoms with E-state index < -0.39 is 0 Å². The molecule has 3 heterocycles. The molecule has 0 bridgehead atoms. The minimum Gasteiger partial charge on any atom is -0.330 e. The lowest BCUT2D eigenvalue weighted by Crippen LogP contribution is -2.37. The summed E-state index contributed by atoms with van der Waals surface area (Å²) in [5.74, 6) is 1.42. The van der Waals surface area contributed by atoms with E-state index in [1.54, 1.807) is 0 Å². The largest absolute Gasteiger partial charge is 0.330 e. The summed E-state index contributed by atoms with van der Waals surface area (Å²) in [6.07, 6.45) is -0.340. The third kappa shape index (κ3) is 5.17. The average Bonchev–Trinajstić information content (AvgIpc) is 3.80. The fourth-order valence-electron chi connectivity index (χ4n) is 8.43. The van der Waals surface area contributed by atoms with Crippen molar-refractivity contribution in [2.24, 2.45) is 9.98 Å². The van der Waals surface area contributed by atoms with Crippen LogP contribution in [0.3, 0.4) is 0 Å². The van der Waals surface area contributed by atoms with E-state index in [0.29, 0.717) is 5.84 Å². The van der Waals surface area contributed by atoms with Crippen molar-refractivity contribution in [3.63, 3.8) is 0 Å². The van der Waals surface area contributed by atoms with Crippen molar-refractivity contribution >= 4 is 55.4 Å². The second-order valence-corrected chi connectivity index (χ2v) is 14.2. The maximum absolute atomic E-state index is 5.36. The van der Waals surface area contributed by atoms with E-state index in [4.69, 9.17) is 9.98 Å². The van der Waals surface area contributed by atoms with Gasteiger partial charge in [0.1, 0.15) is 6.17 Å². The smallest absolute Gasteiger partial charge is 0.212 e. The van der Waals surface area contributed by atoms with E-state index >= 15 is 0 Å². The molecule has 1 N–H and O–H groups in total. The molecule has 1 aliphatic heterocycles. The Morgan fingerprint density at radius 2 is 0.929 bits per heavy atom. The van der Waals surface area contributed by atoms with E-state index in [1.165, 1.54) is 16.3 Å². The summed E-state index contributed by atoms with van der Waals surface area (Å²) >= 11 is 0. The number of fused-ring (bicyclic) bond motifs is 7. The molecule has 1 atom stereocenters. The molecular formula is C51H35N5. The third-order valence-corrected chi connectivity index (χ3v) is 11.0.